The number of hydrogen-bond acceptors (Lipinski definition) is 6. The van der Waals surface area contributed by atoms with E-state index in [-0.39, 0.29) is 23.9 Å². The standard InChI is InChI=1S/C17H21N5O3/c1-11-4-8-25-9-7-22(11)14(23)10-13-12(2)20-16(21-17(13)24)15-18-5-3-6-19-15/h3,5-6,11H,4,7-10H2,1-2H3,(H,20,21,24). The summed E-state index contributed by atoms with van der Waals surface area (Å²) in [5.74, 6) is 0.562. The SMILES string of the molecule is Cc1nc(-c2ncccn2)[nH]c(=O)c1CC(=O)N1CCOCCC1C. The third-order valence-corrected chi connectivity index (χ3v) is 4.34. The normalized spacial score (nSPS) is 18.0. The van der Waals surface area contributed by atoms with Gasteiger partial charge in [-0.1, -0.05) is 0 Å². The van der Waals surface area contributed by atoms with Crippen molar-refractivity contribution in [3.8, 4) is 11.6 Å². The smallest absolute Gasteiger partial charge is 0.255 e. The van der Waals surface area contributed by atoms with Crippen LogP contribution < -0.4 is 5.56 Å². The lowest BCUT2D eigenvalue weighted by Gasteiger charge is -2.26. The van der Waals surface area contributed by atoms with E-state index in [1.54, 1.807) is 30.3 Å². The first-order valence-electron chi connectivity index (χ1n) is 8.30. The number of hydrogen-bond donors (Lipinski definition) is 1. The van der Waals surface area contributed by atoms with Crippen molar-refractivity contribution in [1.82, 2.24) is 24.8 Å². The summed E-state index contributed by atoms with van der Waals surface area (Å²) in [5.41, 5.74) is 0.558. The van der Waals surface area contributed by atoms with E-state index in [1.807, 2.05) is 6.92 Å². The average molecular weight is 343 g/mol. The fraction of sp³-hybridized carbons (Fsp3) is 0.471. The first kappa shape index (κ1) is 17.2. The van der Waals surface area contributed by atoms with Gasteiger partial charge in [0.2, 0.25) is 5.91 Å². The Morgan fingerprint density at radius 3 is 2.84 bits per heavy atom. The number of rotatable bonds is 3. The molecule has 8 nitrogen and oxygen atoms in total. The van der Waals surface area contributed by atoms with Crippen LogP contribution in [0.4, 0.5) is 0 Å². The van der Waals surface area contributed by atoms with E-state index in [0.717, 1.165) is 6.42 Å². The van der Waals surface area contributed by atoms with E-state index in [9.17, 15) is 9.59 Å². The number of aromatic nitrogens is 4. The second-order valence-corrected chi connectivity index (χ2v) is 6.06. The lowest BCUT2D eigenvalue weighted by molar-refractivity contribution is -0.132. The molecule has 0 spiro atoms. The Morgan fingerprint density at radius 2 is 2.12 bits per heavy atom. The van der Waals surface area contributed by atoms with Gasteiger partial charge >= 0.3 is 0 Å². The summed E-state index contributed by atoms with van der Waals surface area (Å²) in [6, 6.07) is 1.78. The van der Waals surface area contributed by atoms with Crippen LogP contribution in [-0.2, 0) is 16.0 Å². The molecule has 132 valence electrons. The molecule has 3 heterocycles. The zero-order valence-electron chi connectivity index (χ0n) is 14.4. The predicted molar refractivity (Wildman–Crippen MR) is 90.9 cm³/mol. The van der Waals surface area contributed by atoms with Crippen LogP contribution in [0.3, 0.4) is 0 Å². The maximum atomic E-state index is 12.7. The van der Waals surface area contributed by atoms with E-state index < -0.39 is 0 Å². The Labute approximate surface area is 145 Å². The highest BCUT2D eigenvalue weighted by Gasteiger charge is 2.24. The maximum absolute atomic E-state index is 12.7. The second-order valence-electron chi connectivity index (χ2n) is 6.06. The number of nitrogens with one attached hydrogen (secondary N) is 1. The van der Waals surface area contributed by atoms with Crippen LogP contribution in [0.15, 0.2) is 23.3 Å². The summed E-state index contributed by atoms with van der Waals surface area (Å²) >= 11 is 0. The molecule has 0 radical (unpaired) electrons. The summed E-state index contributed by atoms with van der Waals surface area (Å²) in [7, 11) is 0. The summed E-state index contributed by atoms with van der Waals surface area (Å²) in [5, 5.41) is 0. The molecule has 25 heavy (non-hydrogen) atoms. The van der Waals surface area contributed by atoms with E-state index in [1.165, 1.54) is 0 Å². The Morgan fingerprint density at radius 1 is 1.36 bits per heavy atom. The van der Waals surface area contributed by atoms with Gasteiger partial charge < -0.3 is 14.6 Å². The van der Waals surface area contributed by atoms with Crippen molar-refractivity contribution in [2.75, 3.05) is 19.8 Å². The molecule has 3 rings (SSSR count). The van der Waals surface area contributed by atoms with Crippen LogP contribution in [-0.4, -0.2) is 56.5 Å². The van der Waals surface area contributed by atoms with Gasteiger partial charge in [0.05, 0.1) is 13.0 Å². The van der Waals surface area contributed by atoms with Crippen molar-refractivity contribution in [2.45, 2.75) is 32.7 Å². The number of aryl methyl sites for hydroxylation is 1. The van der Waals surface area contributed by atoms with Crippen LogP contribution in [0.1, 0.15) is 24.6 Å². The van der Waals surface area contributed by atoms with Gasteiger partial charge in [-0.3, -0.25) is 9.59 Å². The second kappa shape index (κ2) is 7.52. The molecule has 0 aromatic carbocycles. The predicted octanol–water partition coefficient (Wildman–Crippen LogP) is 0.715. The summed E-state index contributed by atoms with van der Waals surface area (Å²) in [6.45, 7) is 5.43. The van der Waals surface area contributed by atoms with Crippen LogP contribution in [0, 0.1) is 6.92 Å². The molecule has 0 aliphatic carbocycles. The van der Waals surface area contributed by atoms with Crippen molar-refractivity contribution < 1.29 is 9.53 Å². The molecule has 2 aromatic heterocycles. The van der Waals surface area contributed by atoms with Crippen LogP contribution in [0.25, 0.3) is 11.6 Å². The third-order valence-electron chi connectivity index (χ3n) is 4.34. The molecule has 1 unspecified atom stereocenters. The van der Waals surface area contributed by atoms with Gasteiger partial charge in [0.25, 0.3) is 5.56 Å². The summed E-state index contributed by atoms with van der Waals surface area (Å²) in [4.78, 5) is 42.1. The summed E-state index contributed by atoms with van der Waals surface area (Å²) < 4.78 is 5.42. The van der Waals surface area contributed by atoms with E-state index in [2.05, 4.69) is 19.9 Å². The van der Waals surface area contributed by atoms with Gasteiger partial charge in [0.15, 0.2) is 11.6 Å². The molecule has 1 atom stereocenters. The molecule has 1 amide bonds. The van der Waals surface area contributed by atoms with Gasteiger partial charge in [-0.25, -0.2) is 15.0 Å². The zero-order chi connectivity index (χ0) is 17.8. The minimum absolute atomic E-state index is 0.0223. The van der Waals surface area contributed by atoms with Crippen molar-refractivity contribution in [1.29, 1.82) is 0 Å². The summed E-state index contributed by atoms with van der Waals surface area (Å²) in [6.07, 6.45) is 3.98. The fourth-order valence-corrected chi connectivity index (χ4v) is 2.86. The molecule has 1 saturated heterocycles. The Hall–Kier alpha value is -2.61. The lowest BCUT2D eigenvalue weighted by atomic mass is 10.1. The van der Waals surface area contributed by atoms with Crippen molar-refractivity contribution >= 4 is 5.91 Å². The Kier molecular flexibility index (Phi) is 5.18. The highest BCUT2D eigenvalue weighted by Crippen LogP contribution is 2.13. The molecule has 8 heteroatoms. The van der Waals surface area contributed by atoms with Gasteiger partial charge in [0.1, 0.15) is 0 Å². The number of aromatic amines is 1. The quantitative estimate of drug-likeness (QED) is 0.881. The molecule has 0 saturated carbocycles. The van der Waals surface area contributed by atoms with Crippen molar-refractivity contribution in [3.63, 3.8) is 0 Å². The monoisotopic (exact) mass is 343 g/mol. The minimum Gasteiger partial charge on any atom is -0.380 e. The van der Waals surface area contributed by atoms with Crippen LogP contribution in [0.5, 0.6) is 0 Å². The maximum Gasteiger partial charge on any atom is 0.255 e. The number of carbonyl (C=O) groups excluding carboxylic acids is 1. The molecule has 1 fully saturated rings. The molecule has 1 N–H and O–H groups in total. The number of nitrogens with zero attached hydrogens (tertiary/aromatic N) is 4. The molecule has 1 aliphatic rings. The van der Waals surface area contributed by atoms with Crippen molar-refractivity contribution in [2.24, 2.45) is 0 Å². The van der Waals surface area contributed by atoms with Crippen LogP contribution in [0.2, 0.25) is 0 Å². The molecular formula is C17H21N5O3. The molecule has 0 bridgehead atoms. The topological polar surface area (TPSA) is 101 Å². The van der Waals surface area contributed by atoms with Gasteiger partial charge in [-0.2, -0.15) is 0 Å². The van der Waals surface area contributed by atoms with E-state index >= 15 is 0 Å². The minimum atomic E-state index is -0.331. The Balaban J connectivity index is 1.83. The molecule has 2 aromatic rings. The fourth-order valence-electron chi connectivity index (χ4n) is 2.86. The van der Waals surface area contributed by atoms with E-state index in [0.29, 0.717) is 42.7 Å². The van der Waals surface area contributed by atoms with E-state index in [4.69, 9.17) is 4.74 Å². The average Bonchev–Trinajstić information content (AvgIpc) is 2.83. The molecule has 1 aliphatic heterocycles. The first-order valence-corrected chi connectivity index (χ1v) is 8.30. The van der Waals surface area contributed by atoms with Gasteiger partial charge in [-0.15, -0.1) is 0 Å². The van der Waals surface area contributed by atoms with Gasteiger partial charge in [-0.05, 0) is 26.3 Å². The third kappa shape index (κ3) is 3.90. The first-order chi connectivity index (χ1) is 12.1. The zero-order valence-corrected chi connectivity index (χ0v) is 14.4. The number of amides is 1. The number of carbonyl (C=O) groups is 1. The number of ether oxygens (including phenoxy) is 1. The highest BCUT2D eigenvalue weighted by molar-refractivity contribution is 5.79. The Bertz CT molecular complexity index is 806. The largest absolute Gasteiger partial charge is 0.380 e. The molecular weight excluding hydrogens is 322 g/mol. The van der Waals surface area contributed by atoms with Gasteiger partial charge in [0, 0.05) is 42.8 Å². The number of H-pyrrole nitrogens is 1. The van der Waals surface area contributed by atoms with Crippen LogP contribution >= 0.6 is 0 Å². The van der Waals surface area contributed by atoms with Crippen molar-refractivity contribution in [3.05, 3.63) is 40.1 Å². The highest BCUT2D eigenvalue weighted by atomic mass is 16.5. The lowest BCUT2D eigenvalue weighted by Crippen LogP contribution is -2.41.